The van der Waals surface area contributed by atoms with Crippen molar-refractivity contribution in [1.82, 2.24) is 4.98 Å². The van der Waals surface area contributed by atoms with Crippen LogP contribution in [-0.4, -0.2) is 21.8 Å². The lowest BCUT2D eigenvalue weighted by atomic mass is 10.2. The molecule has 0 bridgehead atoms. The fourth-order valence-electron chi connectivity index (χ4n) is 1.12. The van der Waals surface area contributed by atoms with Crippen molar-refractivity contribution in [3.63, 3.8) is 0 Å². The zero-order valence-electron chi connectivity index (χ0n) is 9.95. The quantitative estimate of drug-likeness (QED) is 0.635. The van der Waals surface area contributed by atoms with Crippen LogP contribution < -0.4 is 5.32 Å². The largest absolute Gasteiger partial charge is 0.444 e. The molecule has 0 atom stereocenters. The molecule has 0 aromatic carbocycles. The molecule has 0 spiro atoms. The summed E-state index contributed by atoms with van der Waals surface area (Å²) >= 11 is 2.04. The standard InChI is InChI=1S/C11H15IN2O3/c1-11(2,3)17-10(16)14-8-5-13-9(12)4-7(8)6-15/h4-5,15H,6H2,1-3H3,(H,14,16). The molecule has 5 nitrogen and oxygen atoms in total. The van der Waals surface area contributed by atoms with E-state index in [1.165, 1.54) is 6.20 Å². The van der Waals surface area contributed by atoms with Gasteiger partial charge in [-0.15, -0.1) is 0 Å². The van der Waals surface area contributed by atoms with Gasteiger partial charge < -0.3 is 9.84 Å². The molecule has 0 aliphatic rings. The lowest BCUT2D eigenvalue weighted by molar-refractivity contribution is 0.0635. The van der Waals surface area contributed by atoms with Crippen LogP contribution in [-0.2, 0) is 11.3 Å². The van der Waals surface area contributed by atoms with Gasteiger partial charge in [0.25, 0.3) is 0 Å². The van der Waals surface area contributed by atoms with Crippen molar-refractivity contribution in [3.05, 3.63) is 21.5 Å². The molecule has 0 aliphatic carbocycles. The summed E-state index contributed by atoms with van der Waals surface area (Å²) in [4.78, 5) is 15.6. The number of nitrogens with zero attached hydrogens (tertiary/aromatic N) is 1. The Labute approximate surface area is 114 Å². The van der Waals surface area contributed by atoms with Crippen LogP contribution in [0, 0.1) is 3.70 Å². The molecule has 0 fully saturated rings. The second-order valence-electron chi connectivity index (χ2n) is 4.45. The summed E-state index contributed by atoms with van der Waals surface area (Å²) in [6, 6.07) is 1.70. The highest BCUT2D eigenvalue weighted by molar-refractivity contribution is 14.1. The van der Waals surface area contributed by atoms with E-state index >= 15 is 0 Å². The minimum Gasteiger partial charge on any atom is -0.444 e. The first-order valence-corrected chi connectivity index (χ1v) is 6.15. The SMILES string of the molecule is CC(C)(C)OC(=O)Nc1cnc(I)cc1CO. The molecule has 0 radical (unpaired) electrons. The van der Waals surface area contributed by atoms with Gasteiger partial charge in [-0.25, -0.2) is 9.78 Å². The molecule has 94 valence electrons. The molecule has 1 aromatic rings. The van der Waals surface area contributed by atoms with Crippen molar-refractivity contribution < 1.29 is 14.6 Å². The highest BCUT2D eigenvalue weighted by Crippen LogP contribution is 2.18. The molecule has 0 unspecified atom stereocenters. The van der Waals surface area contributed by atoms with Crippen LogP contribution in [0.3, 0.4) is 0 Å². The van der Waals surface area contributed by atoms with Gasteiger partial charge in [0.15, 0.2) is 0 Å². The summed E-state index contributed by atoms with van der Waals surface area (Å²) in [6.07, 6.45) is 0.937. The van der Waals surface area contributed by atoms with E-state index in [2.05, 4.69) is 10.3 Å². The van der Waals surface area contributed by atoms with E-state index in [1.807, 2.05) is 22.6 Å². The number of halogens is 1. The lowest BCUT2D eigenvalue weighted by Crippen LogP contribution is -2.27. The minimum absolute atomic E-state index is 0.163. The van der Waals surface area contributed by atoms with Gasteiger partial charge in [0, 0.05) is 5.56 Å². The average molecular weight is 350 g/mol. The number of hydrogen-bond donors (Lipinski definition) is 2. The molecule has 1 rings (SSSR count). The Bertz CT molecular complexity index is 416. The molecule has 17 heavy (non-hydrogen) atoms. The molecular formula is C11H15IN2O3. The maximum atomic E-state index is 11.5. The predicted molar refractivity (Wildman–Crippen MR) is 72.7 cm³/mol. The van der Waals surface area contributed by atoms with Gasteiger partial charge >= 0.3 is 6.09 Å². The number of ether oxygens (including phenoxy) is 1. The molecule has 0 saturated carbocycles. The average Bonchev–Trinajstić information content (AvgIpc) is 2.17. The fraction of sp³-hybridized carbons (Fsp3) is 0.455. The van der Waals surface area contributed by atoms with Crippen LogP contribution in [0.4, 0.5) is 10.5 Å². The van der Waals surface area contributed by atoms with E-state index in [4.69, 9.17) is 9.84 Å². The number of pyridine rings is 1. The van der Waals surface area contributed by atoms with Crippen molar-refractivity contribution in [3.8, 4) is 0 Å². The van der Waals surface area contributed by atoms with E-state index in [9.17, 15) is 4.79 Å². The van der Waals surface area contributed by atoms with E-state index in [0.29, 0.717) is 11.3 Å². The van der Waals surface area contributed by atoms with Crippen molar-refractivity contribution in [2.45, 2.75) is 33.0 Å². The molecule has 1 heterocycles. The molecule has 1 amide bonds. The first kappa shape index (κ1) is 14.2. The lowest BCUT2D eigenvalue weighted by Gasteiger charge is -2.20. The summed E-state index contributed by atoms with van der Waals surface area (Å²) < 4.78 is 5.86. The van der Waals surface area contributed by atoms with Crippen molar-refractivity contribution in [1.29, 1.82) is 0 Å². The molecule has 1 aromatic heterocycles. The van der Waals surface area contributed by atoms with Gasteiger partial charge in [0.2, 0.25) is 0 Å². The first-order chi connectivity index (χ1) is 7.81. The third-order valence-corrected chi connectivity index (χ3v) is 2.35. The maximum Gasteiger partial charge on any atom is 0.412 e. The smallest absolute Gasteiger partial charge is 0.412 e. The second kappa shape index (κ2) is 5.63. The Kier molecular flexibility index (Phi) is 4.70. The monoisotopic (exact) mass is 350 g/mol. The van der Waals surface area contributed by atoms with Crippen LogP contribution in [0.5, 0.6) is 0 Å². The van der Waals surface area contributed by atoms with Crippen LogP contribution in [0.1, 0.15) is 26.3 Å². The second-order valence-corrected chi connectivity index (χ2v) is 5.55. The molecular weight excluding hydrogens is 335 g/mol. The number of carbonyl (C=O) groups is 1. The van der Waals surface area contributed by atoms with E-state index in [-0.39, 0.29) is 6.61 Å². The number of carbonyl (C=O) groups excluding carboxylic acids is 1. The summed E-state index contributed by atoms with van der Waals surface area (Å²) in [7, 11) is 0. The van der Waals surface area contributed by atoms with Gasteiger partial charge in [-0.05, 0) is 49.4 Å². The van der Waals surface area contributed by atoms with Crippen LogP contribution >= 0.6 is 22.6 Å². The summed E-state index contributed by atoms with van der Waals surface area (Å²) in [5.74, 6) is 0. The Balaban J connectivity index is 2.78. The number of aliphatic hydroxyl groups is 1. The number of anilines is 1. The maximum absolute atomic E-state index is 11.5. The van der Waals surface area contributed by atoms with Gasteiger partial charge in [-0.3, -0.25) is 5.32 Å². The summed E-state index contributed by atoms with van der Waals surface area (Å²) in [5, 5.41) is 11.7. The zero-order chi connectivity index (χ0) is 13.1. The van der Waals surface area contributed by atoms with E-state index in [0.717, 1.165) is 3.70 Å². The Morgan fingerprint density at radius 2 is 2.24 bits per heavy atom. The first-order valence-electron chi connectivity index (χ1n) is 5.07. The molecule has 6 heteroatoms. The topological polar surface area (TPSA) is 71.5 Å². The van der Waals surface area contributed by atoms with Gasteiger partial charge in [-0.1, -0.05) is 0 Å². The number of nitrogens with one attached hydrogen (secondary N) is 1. The van der Waals surface area contributed by atoms with Crippen molar-refractivity contribution in [2.24, 2.45) is 0 Å². The van der Waals surface area contributed by atoms with Gasteiger partial charge in [-0.2, -0.15) is 0 Å². The van der Waals surface area contributed by atoms with Crippen LogP contribution in [0.25, 0.3) is 0 Å². The van der Waals surface area contributed by atoms with Gasteiger partial charge in [0.1, 0.15) is 9.30 Å². The van der Waals surface area contributed by atoms with E-state index in [1.54, 1.807) is 26.8 Å². The number of hydrogen-bond acceptors (Lipinski definition) is 4. The zero-order valence-corrected chi connectivity index (χ0v) is 12.1. The van der Waals surface area contributed by atoms with E-state index < -0.39 is 11.7 Å². The number of aliphatic hydroxyl groups excluding tert-OH is 1. The number of aromatic nitrogens is 1. The predicted octanol–water partition coefficient (Wildman–Crippen LogP) is 2.53. The third kappa shape index (κ3) is 4.86. The summed E-state index contributed by atoms with van der Waals surface area (Å²) in [5.41, 5.74) is 0.512. The third-order valence-electron chi connectivity index (χ3n) is 1.76. The normalized spacial score (nSPS) is 11.1. The highest BCUT2D eigenvalue weighted by atomic mass is 127. The van der Waals surface area contributed by atoms with Crippen LogP contribution in [0.15, 0.2) is 12.3 Å². The minimum atomic E-state index is -0.560. The van der Waals surface area contributed by atoms with Gasteiger partial charge in [0.05, 0.1) is 18.5 Å². The Hall–Kier alpha value is -0.890. The summed E-state index contributed by atoms with van der Waals surface area (Å²) in [6.45, 7) is 5.19. The Morgan fingerprint density at radius 3 is 2.76 bits per heavy atom. The Morgan fingerprint density at radius 1 is 1.59 bits per heavy atom. The van der Waals surface area contributed by atoms with Crippen LogP contribution in [0.2, 0.25) is 0 Å². The van der Waals surface area contributed by atoms with Crippen molar-refractivity contribution >= 4 is 34.4 Å². The fourth-order valence-corrected chi connectivity index (χ4v) is 1.64. The highest BCUT2D eigenvalue weighted by Gasteiger charge is 2.17. The molecule has 2 N–H and O–H groups in total. The number of amides is 1. The number of rotatable bonds is 2. The van der Waals surface area contributed by atoms with Crippen molar-refractivity contribution in [2.75, 3.05) is 5.32 Å². The molecule has 0 saturated heterocycles. The molecule has 0 aliphatic heterocycles.